The Morgan fingerprint density at radius 1 is 1.39 bits per heavy atom. The number of anilines is 1. The highest BCUT2D eigenvalue weighted by molar-refractivity contribution is 5.91. The molecular formula is C19H22FN7O. The minimum absolute atomic E-state index is 0.0104. The molecule has 0 saturated carbocycles. The average molecular weight is 383 g/mol. The Morgan fingerprint density at radius 3 is 3.14 bits per heavy atom. The molecule has 1 fully saturated rings. The second-order valence-electron chi connectivity index (χ2n) is 6.77. The Kier molecular flexibility index (Phi) is 5.05. The Bertz CT molecular complexity index is 989. The predicted octanol–water partition coefficient (Wildman–Crippen LogP) is 2.76. The van der Waals surface area contributed by atoms with Gasteiger partial charge in [0.25, 0.3) is 0 Å². The third kappa shape index (κ3) is 3.47. The van der Waals surface area contributed by atoms with Gasteiger partial charge in [-0.1, -0.05) is 0 Å². The summed E-state index contributed by atoms with van der Waals surface area (Å²) in [7, 11) is 1.62. The number of halogens is 1. The molecule has 1 aliphatic heterocycles. The standard InChI is InChI=1S/C19H22FN7O/c1-21-19(28)27-8-3-2-5-12(27)9-23-18-15(20)11-25-17(26-18)14-10-24-16-13(14)6-4-7-22-16/h4,6-7,10-12H,2-3,5,8-9H2,1H3,(H,21,28)(H,22,24)(H,23,25,26). The summed E-state index contributed by atoms with van der Waals surface area (Å²) in [5, 5.41) is 6.61. The zero-order chi connectivity index (χ0) is 19.5. The molecule has 146 valence electrons. The van der Waals surface area contributed by atoms with Crippen LogP contribution in [-0.4, -0.2) is 57.0 Å². The van der Waals surface area contributed by atoms with Gasteiger partial charge in [-0.05, 0) is 31.4 Å². The van der Waals surface area contributed by atoms with Crippen LogP contribution in [0.25, 0.3) is 22.4 Å². The number of H-pyrrole nitrogens is 1. The Morgan fingerprint density at radius 2 is 2.29 bits per heavy atom. The lowest BCUT2D eigenvalue weighted by atomic mass is 10.0. The lowest BCUT2D eigenvalue weighted by molar-refractivity contribution is 0.157. The molecule has 0 bridgehead atoms. The van der Waals surface area contributed by atoms with E-state index in [0.717, 1.165) is 42.1 Å². The minimum atomic E-state index is -0.524. The van der Waals surface area contributed by atoms with E-state index in [0.29, 0.717) is 18.9 Å². The minimum Gasteiger partial charge on any atom is -0.365 e. The van der Waals surface area contributed by atoms with Crippen molar-refractivity contribution >= 4 is 22.9 Å². The van der Waals surface area contributed by atoms with Crippen LogP contribution in [0.3, 0.4) is 0 Å². The fourth-order valence-electron chi connectivity index (χ4n) is 3.60. The van der Waals surface area contributed by atoms with Crippen LogP contribution in [-0.2, 0) is 0 Å². The topological polar surface area (TPSA) is 98.8 Å². The number of aromatic amines is 1. The molecule has 1 atom stereocenters. The van der Waals surface area contributed by atoms with Gasteiger partial charge in [-0.2, -0.15) is 0 Å². The summed E-state index contributed by atoms with van der Waals surface area (Å²) >= 11 is 0. The predicted molar refractivity (Wildman–Crippen MR) is 104 cm³/mol. The van der Waals surface area contributed by atoms with Crippen molar-refractivity contribution in [3.05, 3.63) is 36.5 Å². The van der Waals surface area contributed by atoms with Crippen LogP contribution < -0.4 is 10.6 Å². The first-order valence-electron chi connectivity index (χ1n) is 9.34. The van der Waals surface area contributed by atoms with Crippen LogP contribution in [0.4, 0.5) is 15.0 Å². The number of carbonyl (C=O) groups excluding carboxylic acids is 1. The van der Waals surface area contributed by atoms with E-state index in [1.807, 2.05) is 12.1 Å². The number of fused-ring (bicyclic) bond motifs is 1. The van der Waals surface area contributed by atoms with Gasteiger partial charge in [-0.3, -0.25) is 0 Å². The van der Waals surface area contributed by atoms with Crippen molar-refractivity contribution in [2.75, 3.05) is 25.5 Å². The van der Waals surface area contributed by atoms with E-state index < -0.39 is 5.82 Å². The van der Waals surface area contributed by atoms with Gasteiger partial charge in [0.15, 0.2) is 17.5 Å². The number of hydrogen-bond acceptors (Lipinski definition) is 5. The van der Waals surface area contributed by atoms with Crippen molar-refractivity contribution in [3.8, 4) is 11.4 Å². The largest absolute Gasteiger partial charge is 0.365 e. The number of carbonyl (C=O) groups is 1. The Hall–Kier alpha value is -3.23. The summed E-state index contributed by atoms with van der Waals surface area (Å²) in [6, 6.07) is 3.63. The summed E-state index contributed by atoms with van der Waals surface area (Å²) in [6.45, 7) is 1.13. The number of aromatic nitrogens is 4. The molecule has 0 aromatic carbocycles. The van der Waals surface area contributed by atoms with Crippen molar-refractivity contribution < 1.29 is 9.18 Å². The molecule has 9 heteroatoms. The van der Waals surface area contributed by atoms with E-state index in [1.54, 1.807) is 24.3 Å². The van der Waals surface area contributed by atoms with Crippen molar-refractivity contribution in [2.24, 2.45) is 0 Å². The molecular weight excluding hydrogens is 361 g/mol. The van der Waals surface area contributed by atoms with E-state index in [1.165, 1.54) is 0 Å². The molecule has 1 aliphatic rings. The molecule has 3 N–H and O–H groups in total. The number of urea groups is 1. The monoisotopic (exact) mass is 383 g/mol. The molecule has 0 radical (unpaired) electrons. The summed E-state index contributed by atoms with van der Waals surface area (Å²) in [5.41, 5.74) is 1.49. The zero-order valence-electron chi connectivity index (χ0n) is 15.6. The van der Waals surface area contributed by atoms with Crippen LogP contribution in [0.5, 0.6) is 0 Å². The molecule has 8 nitrogen and oxygen atoms in total. The van der Waals surface area contributed by atoms with Gasteiger partial charge in [0.2, 0.25) is 0 Å². The first kappa shape index (κ1) is 18.1. The SMILES string of the molecule is CNC(=O)N1CCCCC1CNc1nc(-c2c[nH]c3ncccc23)ncc1F. The maximum absolute atomic E-state index is 14.3. The lowest BCUT2D eigenvalue weighted by Crippen LogP contribution is -2.50. The molecule has 4 heterocycles. The summed E-state index contributed by atoms with van der Waals surface area (Å²) in [4.78, 5) is 29.7. The van der Waals surface area contributed by atoms with Crippen LogP contribution in [0.1, 0.15) is 19.3 Å². The number of pyridine rings is 1. The molecule has 2 amide bonds. The third-order valence-corrected chi connectivity index (χ3v) is 5.04. The smallest absolute Gasteiger partial charge is 0.317 e. The van der Waals surface area contributed by atoms with E-state index >= 15 is 0 Å². The van der Waals surface area contributed by atoms with Crippen molar-refractivity contribution in [3.63, 3.8) is 0 Å². The lowest BCUT2D eigenvalue weighted by Gasteiger charge is -2.35. The molecule has 3 aromatic heterocycles. The van der Waals surface area contributed by atoms with Gasteiger partial charge in [-0.15, -0.1) is 0 Å². The van der Waals surface area contributed by atoms with Crippen LogP contribution >= 0.6 is 0 Å². The van der Waals surface area contributed by atoms with E-state index in [2.05, 4.69) is 30.6 Å². The van der Waals surface area contributed by atoms with Crippen molar-refractivity contribution in [1.29, 1.82) is 0 Å². The van der Waals surface area contributed by atoms with Crippen molar-refractivity contribution in [1.82, 2.24) is 30.2 Å². The quantitative estimate of drug-likeness (QED) is 0.643. The van der Waals surface area contributed by atoms with E-state index in [-0.39, 0.29) is 17.9 Å². The zero-order valence-corrected chi connectivity index (χ0v) is 15.6. The van der Waals surface area contributed by atoms with Crippen LogP contribution in [0.15, 0.2) is 30.7 Å². The molecule has 0 aliphatic carbocycles. The fourth-order valence-corrected chi connectivity index (χ4v) is 3.60. The molecule has 3 aromatic rings. The maximum Gasteiger partial charge on any atom is 0.317 e. The number of nitrogens with one attached hydrogen (secondary N) is 3. The molecule has 1 saturated heterocycles. The van der Waals surface area contributed by atoms with Crippen LogP contribution in [0.2, 0.25) is 0 Å². The summed E-state index contributed by atoms with van der Waals surface area (Å²) in [5.74, 6) is 0.0182. The molecule has 4 rings (SSSR count). The Balaban J connectivity index is 1.55. The van der Waals surface area contributed by atoms with Gasteiger partial charge in [0.05, 0.1) is 12.2 Å². The number of piperidine rings is 1. The van der Waals surface area contributed by atoms with Gasteiger partial charge >= 0.3 is 6.03 Å². The summed E-state index contributed by atoms with van der Waals surface area (Å²) < 4.78 is 14.3. The number of nitrogens with zero attached hydrogens (tertiary/aromatic N) is 4. The third-order valence-electron chi connectivity index (χ3n) is 5.04. The van der Waals surface area contributed by atoms with Crippen molar-refractivity contribution in [2.45, 2.75) is 25.3 Å². The highest BCUT2D eigenvalue weighted by Gasteiger charge is 2.26. The van der Waals surface area contributed by atoms with Gasteiger partial charge in [-0.25, -0.2) is 24.1 Å². The van der Waals surface area contributed by atoms with Gasteiger partial charge in [0, 0.05) is 43.5 Å². The number of hydrogen-bond donors (Lipinski definition) is 3. The molecule has 1 unspecified atom stereocenters. The second-order valence-corrected chi connectivity index (χ2v) is 6.77. The van der Waals surface area contributed by atoms with Crippen LogP contribution in [0, 0.1) is 5.82 Å². The maximum atomic E-state index is 14.3. The average Bonchev–Trinajstić information content (AvgIpc) is 3.17. The van der Waals surface area contributed by atoms with E-state index in [4.69, 9.17) is 0 Å². The Labute approximate surface area is 161 Å². The highest BCUT2D eigenvalue weighted by atomic mass is 19.1. The highest BCUT2D eigenvalue weighted by Crippen LogP contribution is 2.26. The second kappa shape index (κ2) is 7.79. The molecule has 28 heavy (non-hydrogen) atoms. The van der Waals surface area contributed by atoms with Gasteiger partial charge in [0.1, 0.15) is 5.65 Å². The number of amides is 2. The first-order chi connectivity index (χ1) is 13.7. The van der Waals surface area contributed by atoms with Gasteiger partial charge < -0.3 is 20.5 Å². The normalized spacial score (nSPS) is 16.9. The summed E-state index contributed by atoms with van der Waals surface area (Å²) in [6.07, 6.45) is 7.52. The first-order valence-corrected chi connectivity index (χ1v) is 9.34. The molecule has 0 spiro atoms. The van der Waals surface area contributed by atoms with E-state index in [9.17, 15) is 9.18 Å². The number of likely N-dealkylation sites (tertiary alicyclic amines) is 1. The number of rotatable bonds is 4. The fraction of sp³-hybridized carbons (Fsp3) is 0.368.